The summed E-state index contributed by atoms with van der Waals surface area (Å²) >= 11 is 0. The second-order valence-corrected chi connectivity index (χ2v) is 4.98. The molecule has 1 fully saturated rings. The minimum absolute atomic E-state index is 0.102. The minimum atomic E-state index is -0.165. The molecular formula is C13H18N2O2. The van der Waals surface area contributed by atoms with Gasteiger partial charge in [-0.15, -0.1) is 0 Å². The largest absolute Gasteiger partial charge is 0.380 e. The van der Waals surface area contributed by atoms with E-state index in [2.05, 4.69) is 17.6 Å². The van der Waals surface area contributed by atoms with E-state index in [0.29, 0.717) is 6.54 Å². The molecule has 1 aromatic carbocycles. The number of amides is 2. The van der Waals surface area contributed by atoms with Crippen molar-refractivity contribution in [3.05, 3.63) is 29.8 Å². The maximum absolute atomic E-state index is 11.6. The lowest BCUT2D eigenvalue weighted by molar-refractivity contribution is -0.0974. The molecule has 0 unspecified atom stereocenters. The minimum Gasteiger partial charge on any atom is -0.380 e. The Hall–Kier alpha value is -1.55. The third-order valence-electron chi connectivity index (χ3n) is 2.89. The maximum Gasteiger partial charge on any atom is 0.319 e. The van der Waals surface area contributed by atoms with Crippen LogP contribution in [-0.2, 0) is 4.74 Å². The van der Waals surface area contributed by atoms with E-state index >= 15 is 0 Å². The fourth-order valence-corrected chi connectivity index (χ4v) is 1.66. The van der Waals surface area contributed by atoms with Crippen LogP contribution >= 0.6 is 0 Å². The van der Waals surface area contributed by atoms with Crippen molar-refractivity contribution in [3.8, 4) is 0 Å². The summed E-state index contributed by atoms with van der Waals surface area (Å²) in [6.45, 7) is 6.20. The first kappa shape index (κ1) is 11.9. The SMILES string of the molecule is Cc1ccc(NC(=O)NCC2(C)COC2)cc1. The Morgan fingerprint density at radius 2 is 2.00 bits per heavy atom. The Morgan fingerprint density at radius 1 is 1.35 bits per heavy atom. The number of rotatable bonds is 3. The van der Waals surface area contributed by atoms with E-state index in [0.717, 1.165) is 18.9 Å². The van der Waals surface area contributed by atoms with Gasteiger partial charge < -0.3 is 15.4 Å². The van der Waals surface area contributed by atoms with Gasteiger partial charge in [-0.3, -0.25) is 0 Å². The van der Waals surface area contributed by atoms with Crippen LogP contribution in [0.3, 0.4) is 0 Å². The van der Waals surface area contributed by atoms with Crippen LogP contribution in [0.5, 0.6) is 0 Å². The molecule has 1 aliphatic heterocycles. The zero-order valence-corrected chi connectivity index (χ0v) is 10.2. The van der Waals surface area contributed by atoms with E-state index in [9.17, 15) is 4.79 Å². The van der Waals surface area contributed by atoms with Gasteiger partial charge in [0, 0.05) is 17.6 Å². The number of nitrogens with one attached hydrogen (secondary N) is 2. The molecule has 0 aromatic heterocycles. The molecule has 0 spiro atoms. The van der Waals surface area contributed by atoms with Crippen molar-refractivity contribution in [3.63, 3.8) is 0 Å². The number of anilines is 1. The maximum atomic E-state index is 11.6. The summed E-state index contributed by atoms with van der Waals surface area (Å²) in [5.41, 5.74) is 2.09. The first-order valence-electron chi connectivity index (χ1n) is 5.77. The Bertz CT molecular complexity index is 396. The van der Waals surface area contributed by atoms with Gasteiger partial charge in [0.2, 0.25) is 0 Å². The van der Waals surface area contributed by atoms with Crippen LogP contribution in [0, 0.1) is 12.3 Å². The molecule has 0 saturated carbocycles. The van der Waals surface area contributed by atoms with Gasteiger partial charge in [0.05, 0.1) is 13.2 Å². The fourth-order valence-electron chi connectivity index (χ4n) is 1.66. The van der Waals surface area contributed by atoms with Crippen molar-refractivity contribution in [1.29, 1.82) is 0 Å². The van der Waals surface area contributed by atoms with Crippen LogP contribution in [-0.4, -0.2) is 25.8 Å². The smallest absolute Gasteiger partial charge is 0.319 e. The van der Waals surface area contributed by atoms with Crippen LogP contribution < -0.4 is 10.6 Å². The summed E-state index contributed by atoms with van der Waals surface area (Å²) in [6.07, 6.45) is 0. The number of ether oxygens (including phenoxy) is 1. The average molecular weight is 234 g/mol. The summed E-state index contributed by atoms with van der Waals surface area (Å²) in [6, 6.07) is 7.56. The van der Waals surface area contributed by atoms with Crippen molar-refractivity contribution >= 4 is 11.7 Å². The molecule has 2 amide bonds. The molecule has 0 radical (unpaired) electrons. The number of benzene rings is 1. The summed E-state index contributed by atoms with van der Waals surface area (Å²) in [4.78, 5) is 11.6. The average Bonchev–Trinajstić information content (AvgIpc) is 2.27. The number of hydrogen-bond acceptors (Lipinski definition) is 2. The Morgan fingerprint density at radius 3 is 2.53 bits per heavy atom. The molecule has 2 N–H and O–H groups in total. The van der Waals surface area contributed by atoms with E-state index in [4.69, 9.17) is 4.74 Å². The molecule has 0 atom stereocenters. The molecule has 92 valence electrons. The van der Waals surface area contributed by atoms with Crippen molar-refractivity contribution in [1.82, 2.24) is 5.32 Å². The fraction of sp³-hybridized carbons (Fsp3) is 0.462. The molecule has 0 aliphatic carbocycles. The summed E-state index contributed by atoms with van der Waals surface area (Å²) in [7, 11) is 0. The van der Waals surface area contributed by atoms with Gasteiger partial charge in [-0.05, 0) is 19.1 Å². The lowest BCUT2D eigenvalue weighted by Crippen LogP contribution is -2.49. The number of urea groups is 1. The second kappa shape index (κ2) is 4.75. The topological polar surface area (TPSA) is 50.4 Å². The highest BCUT2D eigenvalue weighted by Crippen LogP contribution is 2.25. The number of carbonyl (C=O) groups is 1. The number of carbonyl (C=O) groups excluding carboxylic acids is 1. The van der Waals surface area contributed by atoms with Crippen molar-refractivity contribution in [2.24, 2.45) is 5.41 Å². The standard InChI is InChI=1S/C13H18N2O2/c1-10-3-5-11(6-4-10)15-12(16)14-7-13(2)8-17-9-13/h3-6H,7-9H2,1-2H3,(H2,14,15,16). The number of aryl methyl sites for hydroxylation is 1. The van der Waals surface area contributed by atoms with Crippen molar-refractivity contribution in [2.45, 2.75) is 13.8 Å². The van der Waals surface area contributed by atoms with Gasteiger partial charge in [0.15, 0.2) is 0 Å². The predicted octanol–water partition coefficient (Wildman–Crippen LogP) is 2.15. The predicted molar refractivity (Wildman–Crippen MR) is 67.1 cm³/mol. The Kier molecular flexibility index (Phi) is 3.33. The van der Waals surface area contributed by atoms with E-state index in [1.165, 1.54) is 5.56 Å². The molecular weight excluding hydrogens is 216 g/mol. The summed E-state index contributed by atoms with van der Waals surface area (Å²) in [5, 5.41) is 5.66. The first-order chi connectivity index (χ1) is 8.07. The quantitative estimate of drug-likeness (QED) is 0.842. The molecule has 17 heavy (non-hydrogen) atoms. The van der Waals surface area contributed by atoms with Crippen LogP contribution in [0.15, 0.2) is 24.3 Å². The zero-order valence-electron chi connectivity index (χ0n) is 10.2. The van der Waals surface area contributed by atoms with Gasteiger partial charge in [0.1, 0.15) is 0 Å². The monoisotopic (exact) mass is 234 g/mol. The van der Waals surface area contributed by atoms with Gasteiger partial charge in [-0.2, -0.15) is 0 Å². The van der Waals surface area contributed by atoms with E-state index in [1.54, 1.807) is 0 Å². The molecule has 0 bridgehead atoms. The van der Waals surface area contributed by atoms with E-state index < -0.39 is 0 Å². The molecule has 1 heterocycles. The second-order valence-electron chi connectivity index (χ2n) is 4.98. The lowest BCUT2D eigenvalue weighted by atomic mass is 9.89. The Labute approximate surface area is 101 Å². The molecule has 2 rings (SSSR count). The molecule has 1 aliphatic rings. The van der Waals surface area contributed by atoms with Gasteiger partial charge in [-0.25, -0.2) is 4.79 Å². The normalized spacial score (nSPS) is 17.1. The van der Waals surface area contributed by atoms with Crippen LogP contribution in [0.1, 0.15) is 12.5 Å². The van der Waals surface area contributed by atoms with Crippen LogP contribution in [0.25, 0.3) is 0 Å². The van der Waals surface area contributed by atoms with E-state index in [1.807, 2.05) is 31.2 Å². The van der Waals surface area contributed by atoms with Crippen molar-refractivity contribution in [2.75, 3.05) is 25.1 Å². The Balaban J connectivity index is 1.79. The highest BCUT2D eigenvalue weighted by molar-refractivity contribution is 5.89. The van der Waals surface area contributed by atoms with Gasteiger partial charge in [-0.1, -0.05) is 24.6 Å². The third kappa shape index (κ3) is 3.20. The molecule has 4 nitrogen and oxygen atoms in total. The zero-order chi connectivity index (χ0) is 12.3. The van der Waals surface area contributed by atoms with Crippen LogP contribution in [0.4, 0.5) is 10.5 Å². The summed E-state index contributed by atoms with van der Waals surface area (Å²) < 4.78 is 5.13. The highest BCUT2D eigenvalue weighted by Gasteiger charge is 2.33. The van der Waals surface area contributed by atoms with Gasteiger partial charge in [0.25, 0.3) is 0 Å². The summed E-state index contributed by atoms with van der Waals surface area (Å²) in [5.74, 6) is 0. The number of hydrogen-bond donors (Lipinski definition) is 2. The molecule has 1 saturated heterocycles. The van der Waals surface area contributed by atoms with Gasteiger partial charge >= 0.3 is 6.03 Å². The van der Waals surface area contributed by atoms with Crippen LogP contribution in [0.2, 0.25) is 0 Å². The van der Waals surface area contributed by atoms with Crippen molar-refractivity contribution < 1.29 is 9.53 Å². The molecule has 4 heteroatoms. The molecule has 1 aromatic rings. The highest BCUT2D eigenvalue weighted by atomic mass is 16.5. The lowest BCUT2D eigenvalue weighted by Gasteiger charge is -2.37. The third-order valence-corrected chi connectivity index (χ3v) is 2.89. The first-order valence-corrected chi connectivity index (χ1v) is 5.77. The van der Waals surface area contributed by atoms with E-state index in [-0.39, 0.29) is 11.4 Å².